The fraction of sp³-hybridized carbons (Fsp3) is 0.357. The van der Waals surface area contributed by atoms with Crippen molar-refractivity contribution in [3.63, 3.8) is 0 Å². The van der Waals surface area contributed by atoms with E-state index in [0.29, 0.717) is 4.88 Å². The molecule has 1 N–H and O–H groups in total. The van der Waals surface area contributed by atoms with Gasteiger partial charge in [0.05, 0.1) is 0 Å². The Morgan fingerprint density at radius 1 is 1.29 bits per heavy atom. The monoisotopic (exact) mass is 248 g/mol. The summed E-state index contributed by atoms with van der Waals surface area (Å²) in [5, 5.41) is 10.4. The number of rotatable bonds is 3. The number of benzene rings is 1. The minimum atomic E-state index is -0.798. The molecule has 0 unspecified atom stereocenters. The van der Waals surface area contributed by atoms with E-state index in [2.05, 4.69) is 26.0 Å². The van der Waals surface area contributed by atoms with Crippen molar-refractivity contribution in [2.24, 2.45) is 0 Å². The van der Waals surface area contributed by atoms with Crippen LogP contribution in [0.5, 0.6) is 0 Å². The molecule has 0 saturated carbocycles. The lowest BCUT2D eigenvalue weighted by Gasteiger charge is -2.03. The van der Waals surface area contributed by atoms with Crippen LogP contribution >= 0.6 is 11.3 Å². The largest absolute Gasteiger partial charge is 0.477 e. The maximum atomic E-state index is 11.3. The number of carboxylic acid groups (broad SMARTS) is 1. The van der Waals surface area contributed by atoms with E-state index in [1.807, 2.05) is 6.92 Å². The molecule has 17 heavy (non-hydrogen) atoms. The van der Waals surface area contributed by atoms with E-state index in [0.717, 1.165) is 28.5 Å². The maximum Gasteiger partial charge on any atom is 0.346 e. The minimum absolute atomic E-state index is 0.513. The predicted molar refractivity (Wildman–Crippen MR) is 72.3 cm³/mol. The van der Waals surface area contributed by atoms with Crippen molar-refractivity contribution in [3.8, 4) is 0 Å². The molecule has 1 aromatic heterocycles. The third-order valence-electron chi connectivity index (χ3n) is 3.04. The van der Waals surface area contributed by atoms with Crippen molar-refractivity contribution < 1.29 is 9.90 Å². The summed E-state index contributed by atoms with van der Waals surface area (Å²) in [5.41, 5.74) is 3.36. The first-order valence-electron chi connectivity index (χ1n) is 5.81. The second-order valence-electron chi connectivity index (χ2n) is 4.37. The Kier molecular flexibility index (Phi) is 3.20. The van der Waals surface area contributed by atoms with Gasteiger partial charge in [-0.05, 0) is 42.3 Å². The molecular weight excluding hydrogens is 232 g/mol. The van der Waals surface area contributed by atoms with Gasteiger partial charge in [-0.3, -0.25) is 0 Å². The molecule has 0 fully saturated rings. The SMILES string of the molecule is CCCc1c(C(=O)O)sc2c(C)ccc(C)c12. The van der Waals surface area contributed by atoms with Crippen LogP contribution in [0.25, 0.3) is 10.1 Å². The molecule has 90 valence electrons. The zero-order valence-electron chi connectivity index (χ0n) is 10.3. The van der Waals surface area contributed by atoms with Crippen molar-refractivity contribution in [3.05, 3.63) is 33.7 Å². The molecule has 2 nitrogen and oxygen atoms in total. The summed E-state index contributed by atoms with van der Waals surface area (Å²) in [6.45, 7) is 6.18. The normalized spacial score (nSPS) is 11.0. The number of fused-ring (bicyclic) bond motifs is 1. The van der Waals surface area contributed by atoms with Crippen molar-refractivity contribution in [1.82, 2.24) is 0 Å². The molecule has 0 spiro atoms. The summed E-state index contributed by atoms with van der Waals surface area (Å²) >= 11 is 1.41. The Hall–Kier alpha value is -1.35. The Morgan fingerprint density at radius 3 is 2.53 bits per heavy atom. The highest BCUT2D eigenvalue weighted by Crippen LogP contribution is 2.36. The summed E-state index contributed by atoms with van der Waals surface area (Å²) < 4.78 is 1.13. The molecule has 0 aliphatic carbocycles. The second-order valence-corrected chi connectivity index (χ2v) is 5.39. The standard InChI is InChI=1S/C14H16O2S/c1-4-5-10-11-8(2)6-7-9(3)12(11)17-13(10)14(15)16/h6-7H,4-5H2,1-3H3,(H,15,16). The lowest BCUT2D eigenvalue weighted by Crippen LogP contribution is -1.97. The van der Waals surface area contributed by atoms with Crippen molar-refractivity contribution in [2.45, 2.75) is 33.6 Å². The number of carbonyl (C=O) groups is 1. The van der Waals surface area contributed by atoms with Crippen LogP contribution in [0, 0.1) is 13.8 Å². The van der Waals surface area contributed by atoms with E-state index in [9.17, 15) is 9.90 Å². The van der Waals surface area contributed by atoms with Gasteiger partial charge < -0.3 is 5.11 Å². The lowest BCUT2D eigenvalue weighted by atomic mass is 10.00. The average molecular weight is 248 g/mol. The van der Waals surface area contributed by atoms with Gasteiger partial charge in [-0.1, -0.05) is 25.5 Å². The molecule has 0 radical (unpaired) electrons. The van der Waals surface area contributed by atoms with Gasteiger partial charge in [-0.25, -0.2) is 4.79 Å². The van der Waals surface area contributed by atoms with Crippen LogP contribution in [0.3, 0.4) is 0 Å². The van der Waals surface area contributed by atoms with Gasteiger partial charge in [-0.2, -0.15) is 0 Å². The van der Waals surface area contributed by atoms with Crippen molar-refractivity contribution >= 4 is 27.4 Å². The second kappa shape index (κ2) is 4.49. The Bertz CT molecular complexity index is 581. The highest BCUT2D eigenvalue weighted by molar-refractivity contribution is 7.21. The number of hydrogen-bond acceptors (Lipinski definition) is 2. The van der Waals surface area contributed by atoms with E-state index in [4.69, 9.17) is 0 Å². The van der Waals surface area contributed by atoms with Crippen LogP contribution in [0.15, 0.2) is 12.1 Å². The predicted octanol–water partition coefficient (Wildman–Crippen LogP) is 4.17. The van der Waals surface area contributed by atoms with E-state index in [-0.39, 0.29) is 0 Å². The molecule has 1 aromatic carbocycles. The molecule has 1 heterocycles. The van der Waals surface area contributed by atoms with Gasteiger partial charge in [0, 0.05) is 4.70 Å². The first kappa shape index (κ1) is 12.1. The van der Waals surface area contributed by atoms with Crippen LogP contribution in [0.4, 0.5) is 0 Å². The molecule has 0 bridgehead atoms. The van der Waals surface area contributed by atoms with Crippen LogP contribution in [0.1, 0.15) is 39.7 Å². The quantitative estimate of drug-likeness (QED) is 0.885. The summed E-state index contributed by atoms with van der Waals surface area (Å²) in [6, 6.07) is 4.14. The lowest BCUT2D eigenvalue weighted by molar-refractivity contribution is 0.0701. The first-order chi connectivity index (χ1) is 8.06. The van der Waals surface area contributed by atoms with Gasteiger partial charge in [0.25, 0.3) is 0 Å². The highest BCUT2D eigenvalue weighted by Gasteiger charge is 2.19. The van der Waals surface area contributed by atoms with Crippen LogP contribution in [0.2, 0.25) is 0 Å². The number of aryl methyl sites for hydroxylation is 3. The third-order valence-corrected chi connectivity index (χ3v) is 4.39. The van der Waals surface area contributed by atoms with Gasteiger partial charge in [0.1, 0.15) is 4.88 Å². The van der Waals surface area contributed by atoms with E-state index < -0.39 is 5.97 Å². The van der Waals surface area contributed by atoms with E-state index in [1.165, 1.54) is 22.5 Å². The summed E-state index contributed by atoms with van der Waals surface area (Å²) in [4.78, 5) is 11.8. The number of carboxylic acids is 1. The summed E-state index contributed by atoms with van der Waals surface area (Å²) in [6.07, 6.45) is 1.81. The summed E-state index contributed by atoms with van der Waals surface area (Å²) in [5.74, 6) is -0.798. The number of thiophene rings is 1. The Balaban J connectivity index is 2.84. The molecule has 0 atom stereocenters. The molecule has 0 aliphatic rings. The van der Waals surface area contributed by atoms with Crippen LogP contribution in [-0.4, -0.2) is 11.1 Å². The zero-order valence-corrected chi connectivity index (χ0v) is 11.1. The molecule has 0 amide bonds. The fourth-order valence-corrected chi connectivity index (χ4v) is 3.46. The highest BCUT2D eigenvalue weighted by atomic mass is 32.1. The third kappa shape index (κ3) is 1.95. The fourth-order valence-electron chi connectivity index (χ4n) is 2.23. The maximum absolute atomic E-state index is 11.3. The molecule has 2 aromatic rings. The Labute approximate surface area is 105 Å². The van der Waals surface area contributed by atoms with Crippen LogP contribution in [-0.2, 0) is 6.42 Å². The van der Waals surface area contributed by atoms with Crippen molar-refractivity contribution in [2.75, 3.05) is 0 Å². The topological polar surface area (TPSA) is 37.3 Å². The first-order valence-corrected chi connectivity index (χ1v) is 6.62. The molecule has 0 saturated heterocycles. The zero-order chi connectivity index (χ0) is 12.6. The minimum Gasteiger partial charge on any atom is -0.477 e. The molecular formula is C14H16O2S. The smallest absolute Gasteiger partial charge is 0.346 e. The summed E-state index contributed by atoms with van der Waals surface area (Å²) in [7, 11) is 0. The van der Waals surface area contributed by atoms with E-state index >= 15 is 0 Å². The average Bonchev–Trinajstić information content (AvgIpc) is 2.65. The molecule has 2 rings (SSSR count). The van der Waals surface area contributed by atoms with Gasteiger partial charge in [0.15, 0.2) is 0 Å². The number of hydrogen-bond donors (Lipinski definition) is 1. The molecule has 3 heteroatoms. The van der Waals surface area contributed by atoms with Gasteiger partial charge in [-0.15, -0.1) is 11.3 Å². The van der Waals surface area contributed by atoms with Gasteiger partial charge in [0.2, 0.25) is 0 Å². The van der Waals surface area contributed by atoms with Crippen molar-refractivity contribution in [1.29, 1.82) is 0 Å². The number of aromatic carboxylic acids is 1. The van der Waals surface area contributed by atoms with E-state index in [1.54, 1.807) is 0 Å². The molecule has 0 aliphatic heterocycles. The van der Waals surface area contributed by atoms with Gasteiger partial charge >= 0.3 is 5.97 Å². The Morgan fingerprint density at radius 2 is 1.94 bits per heavy atom. The van der Waals surface area contributed by atoms with Crippen LogP contribution < -0.4 is 0 Å².